The number of alkyl halides is 2. The third-order valence-corrected chi connectivity index (χ3v) is 4.68. The summed E-state index contributed by atoms with van der Waals surface area (Å²) < 4.78 is 41.1. The van der Waals surface area contributed by atoms with Crippen molar-refractivity contribution in [2.45, 2.75) is 19.3 Å². The summed E-state index contributed by atoms with van der Waals surface area (Å²) in [5.74, 6) is -0.961. The Morgan fingerprint density at radius 2 is 2.00 bits per heavy atom. The van der Waals surface area contributed by atoms with Gasteiger partial charge in [-0.25, -0.2) is 8.78 Å². The van der Waals surface area contributed by atoms with Gasteiger partial charge in [0.2, 0.25) is 5.82 Å². The van der Waals surface area contributed by atoms with Crippen LogP contribution in [0, 0.1) is 15.9 Å². The van der Waals surface area contributed by atoms with Gasteiger partial charge in [-0.3, -0.25) is 10.1 Å². The molecule has 0 aromatic heterocycles. The first-order valence-corrected chi connectivity index (χ1v) is 8.00. The molecule has 0 aliphatic carbocycles. The van der Waals surface area contributed by atoms with E-state index in [1.807, 2.05) is 0 Å². The van der Waals surface area contributed by atoms with E-state index < -0.39 is 22.9 Å². The number of nitro benzene ring substituents is 1. The van der Waals surface area contributed by atoms with Crippen molar-refractivity contribution >= 4 is 33.0 Å². The van der Waals surface area contributed by atoms with Gasteiger partial charge in [-0.05, 0) is 36.6 Å². The number of anilines is 2. The Balaban J connectivity index is 2.15. The molecule has 0 unspecified atom stereocenters. The maximum Gasteiger partial charge on any atom is 0.306 e. The highest BCUT2D eigenvalue weighted by molar-refractivity contribution is 9.10. The van der Waals surface area contributed by atoms with Gasteiger partial charge in [0, 0.05) is 28.3 Å². The second kappa shape index (κ2) is 6.43. The minimum atomic E-state index is -2.68. The van der Waals surface area contributed by atoms with Crippen LogP contribution in [-0.2, 0) is 6.42 Å². The monoisotopic (exact) mass is 400 g/mol. The van der Waals surface area contributed by atoms with E-state index in [-0.39, 0.29) is 11.3 Å². The highest BCUT2D eigenvalue weighted by Crippen LogP contribution is 2.41. The summed E-state index contributed by atoms with van der Waals surface area (Å²) in [6.07, 6.45) is -1.32. The summed E-state index contributed by atoms with van der Waals surface area (Å²) in [7, 11) is 0. The molecule has 0 amide bonds. The third kappa shape index (κ3) is 2.86. The molecule has 0 bridgehead atoms. The number of halogens is 4. The SMILES string of the molecule is O=[N+]([O-])c1cccc(N2CCCc3cc(Br)c(C(F)F)cc32)c1F. The van der Waals surface area contributed by atoms with Crippen molar-refractivity contribution in [2.75, 3.05) is 11.4 Å². The Kier molecular flexibility index (Phi) is 4.49. The average Bonchev–Trinajstić information content (AvgIpc) is 2.53. The third-order valence-electron chi connectivity index (χ3n) is 4.00. The zero-order chi connectivity index (χ0) is 17.4. The molecule has 2 aromatic carbocycles. The highest BCUT2D eigenvalue weighted by atomic mass is 79.9. The molecule has 3 rings (SSSR count). The largest absolute Gasteiger partial charge is 0.339 e. The molecule has 2 aromatic rings. The minimum Gasteiger partial charge on any atom is -0.339 e. The maximum atomic E-state index is 14.5. The molecule has 0 spiro atoms. The van der Waals surface area contributed by atoms with Crippen molar-refractivity contribution in [2.24, 2.45) is 0 Å². The molecular weight excluding hydrogens is 389 g/mol. The minimum absolute atomic E-state index is 0.0210. The molecule has 0 fully saturated rings. The van der Waals surface area contributed by atoms with Crippen molar-refractivity contribution in [3.05, 3.63) is 61.9 Å². The summed E-state index contributed by atoms with van der Waals surface area (Å²) in [6, 6.07) is 6.81. The molecule has 0 saturated carbocycles. The van der Waals surface area contributed by atoms with Gasteiger partial charge in [0.1, 0.15) is 0 Å². The predicted octanol–water partition coefficient (Wildman–Crippen LogP) is 5.52. The van der Waals surface area contributed by atoms with Gasteiger partial charge in [0.15, 0.2) is 0 Å². The fourth-order valence-corrected chi connectivity index (χ4v) is 3.46. The smallest absolute Gasteiger partial charge is 0.306 e. The van der Waals surface area contributed by atoms with Crippen molar-refractivity contribution in [3.8, 4) is 0 Å². The number of nitro groups is 1. The predicted molar refractivity (Wildman–Crippen MR) is 87.5 cm³/mol. The van der Waals surface area contributed by atoms with Crippen molar-refractivity contribution in [3.63, 3.8) is 0 Å². The molecule has 1 aliphatic rings. The van der Waals surface area contributed by atoms with Gasteiger partial charge in [-0.15, -0.1) is 0 Å². The molecule has 0 radical (unpaired) electrons. The zero-order valence-electron chi connectivity index (χ0n) is 12.3. The number of hydrogen-bond donors (Lipinski definition) is 0. The van der Waals surface area contributed by atoms with Crippen LogP contribution in [0.25, 0.3) is 0 Å². The van der Waals surface area contributed by atoms with E-state index >= 15 is 0 Å². The van der Waals surface area contributed by atoms with E-state index in [4.69, 9.17) is 0 Å². The second-order valence-corrected chi connectivity index (χ2v) is 6.28. The van der Waals surface area contributed by atoms with Gasteiger partial charge in [-0.1, -0.05) is 22.0 Å². The molecular formula is C16H12BrF3N2O2. The summed E-state index contributed by atoms with van der Waals surface area (Å²) in [4.78, 5) is 11.7. The van der Waals surface area contributed by atoms with E-state index in [9.17, 15) is 23.3 Å². The van der Waals surface area contributed by atoms with E-state index in [1.54, 1.807) is 6.07 Å². The Morgan fingerprint density at radius 3 is 2.67 bits per heavy atom. The molecule has 8 heteroatoms. The summed E-state index contributed by atoms with van der Waals surface area (Å²) in [5.41, 5.74) is 0.451. The summed E-state index contributed by atoms with van der Waals surface area (Å²) >= 11 is 3.14. The standard InChI is InChI=1S/C16H12BrF3N2O2/c17-11-7-9-3-2-6-21(14(9)8-10(11)16(19)20)12-4-1-5-13(15(12)18)22(23)24/h1,4-5,7-8,16H,2-3,6H2. The van der Waals surface area contributed by atoms with Crippen molar-refractivity contribution in [1.29, 1.82) is 0 Å². The first-order chi connectivity index (χ1) is 11.4. The number of nitrogens with zero attached hydrogens (tertiary/aromatic N) is 2. The second-order valence-electron chi connectivity index (χ2n) is 5.43. The van der Waals surface area contributed by atoms with Crippen molar-refractivity contribution in [1.82, 2.24) is 0 Å². The number of benzene rings is 2. The van der Waals surface area contributed by atoms with E-state index in [1.165, 1.54) is 23.1 Å². The molecule has 126 valence electrons. The first-order valence-electron chi connectivity index (χ1n) is 7.21. The van der Waals surface area contributed by atoms with Gasteiger partial charge >= 0.3 is 5.69 Å². The Hall–Kier alpha value is -2.09. The van der Waals surface area contributed by atoms with Crippen LogP contribution in [0.4, 0.5) is 30.2 Å². The molecule has 0 N–H and O–H groups in total. The van der Waals surface area contributed by atoms with Gasteiger partial charge < -0.3 is 4.90 Å². The lowest BCUT2D eigenvalue weighted by Crippen LogP contribution is -2.26. The lowest BCUT2D eigenvalue weighted by Gasteiger charge is -2.32. The number of hydrogen-bond acceptors (Lipinski definition) is 3. The van der Waals surface area contributed by atoms with Crippen LogP contribution in [0.15, 0.2) is 34.8 Å². The average molecular weight is 401 g/mol. The van der Waals surface area contributed by atoms with Crippen LogP contribution in [-0.4, -0.2) is 11.5 Å². The molecule has 4 nitrogen and oxygen atoms in total. The molecule has 24 heavy (non-hydrogen) atoms. The molecule has 1 heterocycles. The number of rotatable bonds is 3. The van der Waals surface area contributed by atoms with Gasteiger partial charge in [0.05, 0.1) is 10.6 Å². The maximum absolute atomic E-state index is 14.5. The molecule has 0 atom stereocenters. The van der Waals surface area contributed by atoms with Crippen LogP contribution >= 0.6 is 15.9 Å². The van der Waals surface area contributed by atoms with Crippen LogP contribution in [0.2, 0.25) is 0 Å². The lowest BCUT2D eigenvalue weighted by molar-refractivity contribution is -0.387. The fraction of sp³-hybridized carbons (Fsp3) is 0.250. The highest BCUT2D eigenvalue weighted by Gasteiger charge is 2.27. The first kappa shape index (κ1) is 16.8. The number of fused-ring (bicyclic) bond motifs is 1. The zero-order valence-corrected chi connectivity index (χ0v) is 13.9. The lowest BCUT2D eigenvalue weighted by atomic mass is 9.98. The quantitative estimate of drug-likeness (QED) is 0.503. The molecule has 0 saturated heterocycles. The Labute approximate surface area is 144 Å². The Morgan fingerprint density at radius 1 is 1.25 bits per heavy atom. The normalized spacial score (nSPS) is 14.0. The fourth-order valence-electron chi connectivity index (χ4n) is 2.89. The van der Waals surface area contributed by atoms with Crippen LogP contribution in [0.5, 0.6) is 0 Å². The van der Waals surface area contributed by atoms with Crippen molar-refractivity contribution < 1.29 is 18.1 Å². The van der Waals surface area contributed by atoms with Crippen LogP contribution in [0.3, 0.4) is 0 Å². The van der Waals surface area contributed by atoms with Crippen LogP contribution < -0.4 is 4.90 Å². The van der Waals surface area contributed by atoms with E-state index in [0.717, 1.165) is 11.6 Å². The summed E-state index contributed by atoms with van der Waals surface area (Å²) in [6.45, 7) is 0.398. The van der Waals surface area contributed by atoms with E-state index in [0.29, 0.717) is 29.5 Å². The van der Waals surface area contributed by atoms with Gasteiger partial charge in [-0.2, -0.15) is 4.39 Å². The van der Waals surface area contributed by atoms with Crippen LogP contribution in [0.1, 0.15) is 24.0 Å². The molecule has 1 aliphatic heterocycles. The van der Waals surface area contributed by atoms with Gasteiger partial charge in [0.25, 0.3) is 6.43 Å². The number of aryl methyl sites for hydroxylation is 1. The van der Waals surface area contributed by atoms with E-state index in [2.05, 4.69) is 15.9 Å². The topological polar surface area (TPSA) is 46.4 Å². The Bertz CT molecular complexity index is 814. The summed E-state index contributed by atoms with van der Waals surface area (Å²) in [5, 5.41) is 10.9.